The van der Waals surface area contributed by atoms with Gasteiger partial charge in [0.15, 0.2) is 0 Å². The molecule has 7 rings (SSSR count). The Bertz CT molecular complexity index is 1810. The van der Waals surface area contributed by atoms with Crippen molar-refractivity contribution in [2.75, 3.05) is 0 Å². The van der Waals surface area contributed by atoms with Crippen molar-refractivity contribution in [3.8, 4) is 33.4 Å². The predicted molar refractivity (Wildman–Crippen MR) is 155 cm³/mol. The van der Waals surface area contributed by atoms with Crippen molar-refractivity contribution in [3.05, 3.63) is 132 Å². The number of aryl methyl sites for hydroxylation is 1. The van der Waals surface area contributed by atoms with Gasteiger partial charge in [-0.05, 0) is 85.1 Å². The molecule has 0 fully saturated rings. The number of benzene rings is 6. The smallest absolute Gasteiger partial charge is 0.0159 e. The summed E-state index contributed by atoms with van der Waals surface area (Å²) in [6.45, 7) is 6.95. The maximum Gasteiger partial charge on any atom is 0.0159 e. The summed E-state index contributed by atoms with van der Waals surface area (Å²) in [4.78, 5) is 0. The lowest BCUT2D eigenvalue weighted by Gasteiger charge is -2.23. The highest BCUT2D eigenvalue weighted by molar-refractivity contribution is 6.09. The van der Waals surface area contributed by atoms with E-state index in [1.54, 1.807) is 0 Å². The molecule has 0 unspecified atom stereocenters. The zero-order chi connectivity index (χ0) is 24.4. The zero-order valence-corrected chi connectivity index (χ0v) is 21.0. The van der Waals surface area contributed by atoms with Crippen LogP contribution in [0, 0.1) is 6.92 Å². The highest BCUT2D eigenvalue weighted by Gasteiger charge is 2.37. The van der Waals surface area contributed by atoms with Gasteiger partial charge in [-0.1, -0.05) is 123 Å². The molecule has 0 atom stereocenters. The summed E-state index contributed by atoms with van der Waals surface area (Å²) in [7, 11) is 0. The molecule has 0 N–H and O–H groups in total. The van der Waals surface area contributed by atoms with Gasteiger partial charge in [-0.25, -0.2) is 0 Å². The molecule has 0 saturated carbocycles. The van der Waals surface area contributed by atoms with Gasteiger partial charge in [-0.3, -0.25) is 0 Å². The summed E-state index contributed by atoms with van der Waals surface area (Å²) >= 11 is 0. The molecule has 172 valence electrons. The summed E-state index contributed by atoms with van der Waals surface area (Å²) in [5.41, 5.74) is 12.0. The van der Waals surface area contributed by atoms with Gasteiger partial charge < -0.3 is 0 Å². The van der Waals surface area contributed by atoms with Gasteiger partial charge in [0.1, 0.15) is 0 Å². The van der Waals surface area contributed by atoms with E-state index >= 15 is 0 Å². The van der Waals surface area contributed by atoms with Crippen LogP contribution in [0.15, 0.2) is 115 Å². The Morgan fingerprint density at radius 1 is 0.472 bits per heavy atom. The molecule has 0 aliphatic heterocycles. The Hall–Kier alpha value is -4.16. The van der Waals surface area contributed by atoms with Crippen molar-refractivity contribution in [2.24, 2.45) is 0 Å². The largest absolute Gasteiger partial charge is 0.0616 e. The summed E-state index contributed by atoms with van der Waals surface area (Å²) < 4.78 is 0. The molecule has 0 amide bonds. The monoisotopic (exact) mass is 460 g/mol. The second-order valence-corrected chi connectivity index (χ2v) is 10.7. The van der Waals surface area contributed by atoms with Gasteiger partial charge in [0, 0.05) is 5.41 Å². The normalized spacial score (nSPS) is 13.6. The van der Waals surface area contributed by atoms with Gasteiger partial charge in [-0.2, -0.15) is 0 Å². The lowest BCUT2D eigenvalue weighted by atomic mass is 9.80. The molecule has 0 saturated heterocycles. The lowest BCUT2D eigenvalue weighted by molar-refractivity contribution is 0.660. The molecule has 1 aliphatic carbocycles. The number of hydrogen-bond donors (Lipinski definition) is 0. The van der Waals surface area contributed by atoms with Crippen molar-refractivity contribution in [1.82, 2.24) is 0 Å². The van der Waals surface area contributed by atoms with Gasteiger partial charge in [-0.15, -0.1) is 0 Å². The third-order valence-electron chi connectivity index (χ3n) is 8.11. The number of rotatable bonds is 2. The molecule has 6 aromatic rings. The first-order valence-electron chi connectivity index (χ1n) is 12.8. The Labute approximate surface area is 212 Å². The van der Waals surface area contributed by atoms with E-state index in [0.29, 0.717) is 0 Å². The number of hydrogen-bond acceptors (Lipinski definition) is 0. The first-order valence-corrected chi connectivity index (χ1v) is 12.8. The van der Waals surface area contributed by atoms with Crippen LogP contribution in [-0.2, 0) is 5.41 Å². The second-order valence-electron chi connectivity index (χ2n) is 10.7. The Balaban J connectivity index is 1.49. The summed E-state index contributed by atoms with van der Waals surface area (Å²) in [5, 5.41) is 5.23. The average molecular weight is 461 g/mol. The second kappa shape index (κ2) is 7.67. The van der Waals surface area contributed by atoms with Crippen LogP contribution in [0.5, 0.6) is 0 Å². The highest BCUT2D eigenvalue weighted by atomic mass is 14.4. The van der Waals surface area contributed by atoms with E-state index in [1.807, 2.05) is 0 Å². The molecule has 0 spiro atoms. The van der Waals surface area contributed by atoms with Crippen LogP contribution < -0.4 is 0 Å². The quantitative estimate of drug-likeness (QED) is 0.241. The van der Waals surface area contributed by atoms with Crippen molar-refractivity contribution in [3.63, 3.8) is 0 Å². The fourth-order valence-corrected chi connectivity index (χ4v) is 6.27. The average Bonchev–Trinajstić information content (AvgIpc) is 3.14. The molecule has 0 heterocycles. The first-order chi connectivity index (χ1) is 17.5. The fourth-order valence-electron chi connectivity index (χ4n) is 6.27. The van der Waals surface area contributed by atoms with Crippen LogP contribution in [0.25, 0.3) is 54.9 Å². The molecule has 0 radical (unpaired) electrons. The van der Waals surface area contributed by atoms with Crippen molar-refractivity contribution >= 4 is 21.5 Å². The maximum absolute atomic E-state index is 2.47. The summed E-state index contributed by atoms with van der Waals surface area (Å²) in [6, 6.07) is 42.7. The van der Waals surface area contributed by atoms with E-state index in [4.69, 9.17) is 0 Å². The first kappa shape index (κ1) is 21.1. The van der Waals surface area contributed by atoms with E-state index < -0.39 is 0 Å². The van der Waals surface area contributed by atoms with E-state index in [0.717, 1.165) is 0 Å². The molecule has 0 nitrogen and oxygen atoms in total. The van der Waals surface area contributed by atoms with Crippen molar-refractivity contribution < 1.29 is 0 Å². The van der Waals surface area contributed by atoms with E-state index in [-0.39, 0.29) is 5.41 Å². The minimum atomic E-state index is -0.0390. The molecule has 0 bridgehead atoms. The van der Waals surface area contributed by atoms with Crippen LogP contribution in [0.4, 0.5) is 0 Å². The van der Waals surface area contributed by atoms with Gasteiger partial charge in [0.05, 0.1) is 0 Å². The molecule has 1 aliphatic rings. The molecule has 36 heavy (non-hydrogen) atoms. The van der Waals surface area contributed by atoms with Crippen LogP contribution in [0.2, 0.25) is 0 Å². The number of fused-ring (bicyclic) bond motifs is 6. The zero-order valence-electron chi connectivity index (χ0n) is 21.0. The Morgan fingerprint density at radius 3 is 1.97 bits per heavy atom. The highest BCUT2D eigenvalue weighted by Crippen LogP contribution is 2.53. The minimum absolute atomic E-state index is 0.0390. The SMILES string of the molecule is Cc1ccc2c(c1)C(C)(C)c1cc(-c3cccc(-c4cccc5ccccc45)c3)c3ccccc3c1-2. The minimum Gasteiger partial charge on any atom is -0.0616 e. The van der Waals surface area contributed by atoms with Crippen LogP contribution in [0.3, 0.4) is 0 Å². The molecular formula is C36H28. The Morgan fingerprint density at radius 2 is 1.14 bits per heavy atom. The third kappa shape index (κ3) is 3.01. The molecule has 6 aromatic carbocycles. The van der Waals surface area contributed by atoms with E-state index in [2.05, 4.69) is 136 Å². The molecular weight excluding hydrogens is 432 g/mol. The van der Waals surface area contributed by atoms with Crippen molar-refractivity contribution in [1.29, 1.82) is 0 Å². The van der Waals surface area contributed by atoms with E-state index in [9.17, 15) is 0 Å². The topological polar surface area (TPSA) is 0 Å². The predicted octanol–water partition coefficient (Wildman–Crippen LogP) is 9.94. The molecule has 0 aromatic heterocycles. The third-order valence-corrected chi connectivity index (χ3v) is 8.11. The lowest BCUT2D eigenvalue weighted by Crippen LogP contribution is -2.15. The maximum atomic E-state index is 2.47. The van der Waals surface area contributed by atoms with Gasteiger partial charge in [0.25, 0.3) is 0 Å². The van der Waals surface area contributed by atoms with Crippen LogP contribution in [-0.4, -0.2) is 0 Å². The summed E-state index contributed by atoms with van der Waals surface area (Å²) in [5.74, 6) is 0. The van der Waals surface area contributed by atoms with E-state index in [1.165, 1.54) is 71.6 Å². The molecule has 0 heteroatoms. The summed E-state index contributed by atoms with van der Waals surface area (Å²) in [6.07, 6.45) is 0. The van der Waals surface area contributed by atoms with Gasteiger partial charge in [0.2, 0.25) is 0 Å². The van der Waals surface area contributed by atoms with Gasteiger partial charge >= 0.3 is 0 Å². The fraction of sp³-hybridized carbons (Fsp3) is 0.111. The Kier molecular flexibility index (Phi) is 4.51. The van der Waals surface area contributed by atoms with Crippen LogP contribution in [0.1, 0.15) is 30.5 Å². The standard InChI is InChI=1S/C36H28/c1-23-18-19-31-33(20-23)36(2,3)34-22-32(29-15-6-7-16-30(29)35(31)34)26-13-8-12-25(21-26)28-17-9-11-24-10-4-5-14-27(24)28/h4-22H,1-3H3. The van der Waals surface area contributed by atoms with Crippen molar-refractivity contribution in [2.45, 2.75) is 26.2 Å². The van der Waals surface area contributed by atoms with Crippen LogP contribution >= 0.6 is 0 Å².